The molecule has 0 amide bonds. The normalized spacial score (nSPS) is 24.0. The third-order valence-electron chi connectivity index (χ3n) is 8.81. The number of para-hydroxylation sites is 1. The fourth-order valence-corrected chi connectivity index (χ4v) is 8.46. The SMILES string of the molecule is CC1(c2ccc(Cl)cc2F)Oc2cccc(C3CCN(Cc4ncc(C(N)=NO)cc4CC4CCCS4(=O)=O)CC3)c2O1. The minimum absolute atomic E-state index is 0.0631. The van der Waals surface area contributed by atoms with E-state index in [4.69, 9.17) is 32.0 Å². The zero-order chi connectivity index (χ0) is 30.4. The van der Waals surface area contributed by atoms with E-state index in [0.29, 0.717) is 47.9 Å². The Labute approximate surface area is 255 Å². The number of fused-ring (bicyclic) bond motifs is 1. The number of likely N-dealkylation sites (tertiary alicyclic amines) is 1. The highest BCUT2D eigenvalue weighted by Crippen LogP contribution is 2.49. The predicted octanol–water partition coefficient (Wildman–Crippen LogP) is 5.11. The molecule has 43 heavy (non-hydrogen) atoms. The summed E-state index contributed by atoms with van der Waals surface area (Å²) in [7, 11) is -3.15. The van der Waals surface area contributed by atoms with Gasteiger partial charge in [-0.3, -0.25) is 9.88 Å². The van der Waals surface area contributed by atoms with E-state index < -0.39 is 26.7 Å². The number of hydrogen-bond donors (Lipinski definition) is 2. The molecule has 2 saturated heterocycles. The minimum atomic E-state index is -3.15. The van der Waals surface area contributed by atoms with E-state index in [1.165, 1.54) is 6.07 Å². The van der Waals surface area contributed by atoms with Gasteiger partial charge in [-0.1, -0.05) is 28.9 Å². The molecular weight excluding hydrogens is 595 g/mol. The number of nitrogens with two attached hydrogens (primary N) is 1. The van der Waals surface area contributed by atoms with Crippen LogP contribution < -0.4 is 15.2 Å². The van der Waals surface area contributed by atoms with Crippen LogP contribution in [0.3, 0.4) is 0 Å². The molecule has 0 aliphatic carbocycles. The molecule has 12 heteroatoms. The molecule has 2 atom stereocenters. The Hall–Kier alpha value is -3.41. The highest BCUT2D eigenvalue weighted by atomic mass is 35.5. The number of oxime groups is 1. The maximum atomic E-state index is 14.8. The third kappa shape index (κ3) is 5.90. The summed E-state index contributed by atoms with van der Waals surface area (Å²) in [4.78, 5) is 6.94. The average molecular weight is 629 g/mol. The zero-order valence-corrected chi connectivity index (χ0v) is 25.4. The molecule has 0 radical (unpaired) electrons. The van der Waals surface area contributed by atoms with Crippen LogP contribution in [-0.4, -0.2) is 53.4 Å². The first-order chi connectivity index (χ1) is 20.6. The minimum Gasteiger partial charge on any atom is -0.444 e. The highest BCUT2D eigenvalue weighted by molar-refractivity contribution is 7.92. The van der Waals surface area contributed by atoms with Crippen LogP contribution in [0.1, 0.15) is 66.5 Å². The Kier molecular flexibility index (Phi) is 7.99. The molecule has 3 aliphatic heterocycles. The summed E-state index contributed by atoms with van der Waals surface area (Å²) in [6.45, 7) is 3.86. The van der Waals surface area contributed by atoms with Gasteiger partial charge in [-0.15, -0.1) is 0 Å². The van der Waals surface area contributed by atoms with Crippen LogP contribution in [0, 0.1) is 5.82 Å². The smallest absolute Gasteiger partial charge is 0.278 e. The average Bonchev–Trinajstić information content (AvgIpc) is 3.51. The molecule has 2 unspecified atom stereocenters. The van der Waals surface area contributed by atoms with Gasteiger partial charge in [0.05, 0.1) is 22.3 Å². The first-order valence-electron chi connectivity index (χ1n) is 14.4. The number of benzene rings is 2. The quantitative estimate of drug-likeness (QED) is 0.160. The zero-order valence-electron chi connectivity index (χ0n) is 23.8. The molecule has 2 fully saturated rings. The maximum Gasteiger partial charge on any atom is 0.278 e. The van der Waals surface area contributed by atoms with Crippen LogP contribution in [0.2, 0.25) is 5.02 Å². The van der Waals surface area contributed by atoms with Crippen molar-refractivity contribution < 1.29 is 27.5 Å². The predicted molar refractivity (Wildman–Crippen MR) is 161 cm³/mol. The van der Waals surface area contributed by atoms with Crippen molar-refractivity contribution in [3.8, 4) is 11.5 Å². The van der Waals surface area contributed by atoms with E-state index in [1.807, 2.05) is 18.2 Å². The summed E-state index contributed by atoms with van der Waals surface area (Å²) >= 11 is 5.96. The summed E-state index contributed by atoms with van der Waals surface area (Å²) in [6.07, 6.45) is 4.93. The first kappa shape index (κ1) is 29.7. The summed E-state index contributed by atoms with van der Waals surface area (Å²) in [5.74, 6) is -0.219. The summed E-state index contributed by atoms with van der Waals surface area (Å²) in [5.41, 5.74) is 9.19. The fourth-order valence-electron chi connectivity index (χ4n) is 6.44. The number of piperidine rings is 1. The van der Waals surface area contributed by atoms with Gasteiger partial charge < -0.3 is 20.4 Å². The summed E-state index contributed by atoms with van der Waals surface area (Å²) < 4.78 is 52.4. The van der Waals surface area contributed by atoms with Crippen LogP contribution in [0.5, 0.6) is 11.5 Å². The molecule has 6 rings (SSSR count). The lowest BCUT2D eigenvalue weighted by atomic mass is 9.88. The number of sulfone groups is 1. The van der Waals surface area contributed by atoms with Crippen molar-refractivity contribution in [1.82, 2.24) is 9.88 Å². The second kappa shape index (κ2) is 11.6. The van der Waals surface area contributed by atoms with E-state index in [1.54, 1.807) is 31.3 Å². The summed E-state index contributed by atoms with van der Waals surface area (Å²) in [6, 6.07) is 12.1. The van der Waals surface area contributed by atoms with E-state index in [0.717, 1.165) is 42.8 Å². The number of halogens is 2. The number of hydrogen-bond acceptors (Lipinski definition) is 8. The van der Waals surface area contributed by atoms with Gasteiger partial charge in [0.2, 0.25) is 0 Å². The lowest BCUT2D eigenvalue weighted by Gasteiger charge is -2.33. The molecule has 0 saturated carbocycles. The van der Waals surface area contributed by atoms with Crippen molar-refractivity contribution >= 4 is 27.3 Å². The monoisotopic (exact) mass is 628 g/mol. The molecule has 3 aromatic rings. The van der Waals surface area contributed by atoms with E-state index in [-0.39, 0.29) is 23.1 Å². The first-order valence-corrected chi connectivity index (χ1v) is 16.5. The van der Waals surface area contributed by atoms with Crippen molar-refractivity contribution in [3.63, 3.8) is 0 Å². The second-order valence-corrected chi connectivity index (χ2v) is 14.5. The van der Waals surface area contributed by atoms with Crippen molar-refractivity contribution in [2.45, 2.75) is 62.5 Å². The number of aromatic nitrogens is 1. The molecule has 9 nitrogen and oxygen atoms in total. The van der Waals surface area contributed by atoms with Gasteiger partial charge in [0.25, 0.3) is 5.79 Å². The molecule has 3 N–H and O–H groups in total. The molecule has 4 heterocycles. The van der Waals surface area contributed by atoms with E-state index in [9.17, 15) is 12.8 Å². The Bertz CT molecular complexity index is 1680. The van der Waals surface area contributed by atoms with Gasteiger partial charge in [-0.25, -0.2) is 12.8 Å². The van der Waals surface area contributed by atoms with Crippen molar-refractivity contribution in [1.29, 1.82) is 0 Å². The number of nitrogens with zero attached hydrogens (tertiary/aromatic N) is 3. The van der Waals surface area contributed by atoms with Crippen LogP contribution in [-0.2, 0) is 28.6 Å². The standard InChI is InChI=1S/C31H34ClFN4O5S/c1-31(25-8-7-22(32)16-26(25)33)41-28-6-2-5-24(29(28)42-31)19-9-11-37(12-10-19)18-27-20(14-21(17-35-27)30(34)36-38)15-23-4-3-13-43(23,39)40/h2,5-8,14,16-17,19,23,38H,3-4,9-13,15,18H2,1H3,(H2,34,36). The summed E-state index contributed by atoms with van der Waals surface area (Å²) in [5, 5.41) is 12.1. The Balaban J connectivity index is 1.17. The van der Waals surface area contributed by atoms with Gasteiger partial charge in [0.15, 0.2) is 27.2 Å². The lowest BCUT2D eigenvalue weighted by molar-refractivity contribution is -0.0712. The number of rotatable bonds is 7. The molecule has 2 aromatic carbocycles. The molecular formula is C31H34ClFN4O5S. The maximum absolute atomic E-state index is 14.8. The number of pyridine rings is 1. The van der Waals surface area contributed by atoms with Gasteiger partial charge in [-0.2, -0.15) is 0 Å². The molecule has 3 aliphatic rings. The van der Waals surface area contributed by atoms with Crippen LogP contribution in [0.15, 0.2) is 53.8 Å². The van der Waals surface area contributed by atoms with Crippen LogP contribution >= 0.6 is 11.6 Å². The number of amidine groups is 1. The van der Waals surface area contributed by atoms with Gasteiger partial charge in [-0.05, 0) is 87.0 Å². The van der Waals surface area contributed by atoms with E-state index in [2.05, 4.69) is 15.0 Å². The fraction of sp³-hybridized carbons (Fsp3) is 0.419. The molecule has 1 aromatic heterocycles. The number of ether oxygens (including phenoxy) is 2. The largest absolute Gasteiger partial charge is 0.444 e. The van der Waals surface area contributed by atoms with Crippen LogP contribution in [0.4, 0.5) is 4.39 Å². The van der Waals surface area contributed by atoms with Gasteiger partial charge in [0, 0.05) is 35.8 Å². The van der Waals surface area contributed by atoms with Crippen molar-refractivity contribution in [2.75, 3.05) is 18.8 Å². The molecule has 0 bridgehead atoms. The van der Waals surface area contributed by atoms with Gasteiger partial charge in [0.1, 0.15) is 5.82 Å². The second-order valence-electron chi connectivity index (χ2n) is 11.6. The van der Waals surface area contributed by atoms with Crippen molar-refractivity contribution in [3.05, 3.63) is 87.4 Å². The van der Waals surface area contributed by atoms with Crippen molar-refractivity contribution in [2.24, 2.45) is 10.9 Å². The molecule has 0 spiro atoms. The van der Waals surface area contributed by atoms with Crippen LogP contribution in [0.25, 0.3) is 0 Å². The Morgan fingerprint density at radius 3 is 2.70 bits per heavy atom. The third-order valence-corrected chi connectivity index (χ3v) is 11.3. The Morgan fingerprint density at radius 2 is 2.00 bits per heavy atom. The van der Waals surface area contributed by atoms with E-state index >= 15 is 0 Å². The topological polar surface area (TPSA) is 127 Å². The lowest BCUT2D eigenvalue weighted by Crippen LogP contribution is -2.34. The molecule has 228 valence electrons. The Morgan fingerprint density at radius 1 is 1.21 bits per heavy atom. The van der Waals surface area contributed by atoms with Gasteiger partial charge >= 0.3 is 0 Å². The highest BCUT2D eigenvalue weighted by Gasteiger charge is 2.43.